The van der Waals surface area contributed by atoms with Crippen LogP contribution >= 0.6 is 11.8 Å². The van der Waals surface area contributed by atoms with Gasteiger partial charge in [-0.2, -0.15) is 11.8 Å². The minimum absolute atomic E-state index is 0.150. The van der Waals surface area contributed by atoms with Crippen LogP contribution in [0.25, 0.3) is 10.9 Å². The topological polar surface area (TPSA) is 34.2 Å². The average molecular weight is 314 g/mol. The van der Waals surface area contributed by atoms with Crippen molar-refractivity contribution >= 4 is 22.7 Å². The molecule has 116 valence electrons. The van der Waals surface area contributed by atoms with E-state index < -0.39 is 0 Å². The van der Waals surface area contributed by atoms with Crippen molar-refractivity contribution < 1.29 is 4.74 Å². The third-order valence-electron chi connectivity index (χ3n) is 4.86. The van der Waals surface area contributed by atoms with Gasteiger partial charge in [0.2, 0.25) is 0 Å². The summed E-state index contributed by atoms with van der Waals surface area (Å²) in [6.07, 6.45) is 5.36. The number of para-hydroxylation sites is 1. The molecular formula is C18H22N2OS. The number of nitrogens with one attached hydrogen (secondary N) is 1. The van der Waals surface area contributed by atoms with Crippen LogP contribution in [-0.4, -0.2) is 34.7 Å². The zero-order valence-electron chi connectivity index (χ0n) is 12.8. The van der Waals surface area contributed by atoms with E-state index in [1.807, 2.05) is 24.0 Å². The highest BCUT2D eigenvalue weighted by molar-refractivity contribution is 7.99. The van der Waals surface area contributed by atoms with Crippen LogP contribution in [0.15, 0.2) is 36.5 Å². The van der Waals surface area contributed by atoms with Crippen LogP contribution in [0.3, 0.4) is 0 Å². The molecule has 2 saturated heterocycles. The van der Waals surface area contributed by atoms with Gasteiger partial charge in [-0.15, -0.1) is 0 Å². The maximum absolute atomic E-state index is 6.11. The maximum Gasteiger partial charge on any atom is 0.0795 e. The van der Waals surface area contributed by atoms with E-state index in [2.05, 4.69) is 34.6 Å². The second-order valence-electron chi connectivity index (χ2n) is 6.40. The summed E-state index contributed by atoms with van der Waals surface area (Å²) in [5, 5.41) is 4.97. The summed E-state index contributed by atoms with van der Waals surface area (Å²) in [6, 6.07) is 11.1. The molecule has 22 heavy (non-hydrogen) atoms. The summed E-state index contributed by atoms with van der Waals surface area (Å²) >= 11 is 2.04. The summed E-state index contributed by atoms with van der Waals surface area (Å²) in [5.41, 5.74) is 2.56. The van der Waals surface area contributed by atoms with Gasteiger partial charge in [0.05, 0.1) is 11.1 Å². The Hall–Kier alpha value is -1.10. The third kappa shape index (κ3) is 2.87. The summed E-state index contributed by atoms with van der Waals surface area (Å²) in [5.74, 6) is 2.42. The first-order valence-electron chi connectivity index (χ1n) is 8.12. The van der Waals surface area contributed by atoms with Crippen molar-refractivity contribution in [2.24, 2.45) is 0 Å². The lowest BCUT2D eigenvalue weighted by molar-refractivity contribution is -0.0702. The van der Waals surface area contributed by atoms with Gasteiger partial charge in [-0.05, 0) is 36.6 Å². The molecule has 0 unspecified atom stereocenters. The minimum Gasteiger partial charge on any atom is -0.374 e. The number of fused-ring (bicyclic) bond motifs is 1. The van der Waals surface area contributed by atoms with E-state index in [9.17, 15) is 0 Å². The van der Waals surface area contributed by atoms with Crippen molar-refractivity contribution in [2.45, 2.75) is 37.5 Å². The highest BCUT2D eigenvalue weighted by Gasteiger charge is 2.40. The van der Waals surface area contributed by atoms with Gasteiger partial charge in [0.25, 0.3) is 0 Å². The molecule has 1 N–H and O–H groups in total. The SMILES string of the molecule is c1cnc2c(CN[C@H]3CCO[C@@]4(CCSC4)C3)cccc2c1. The summed E-state index contributed by atoms with van der Waals surface area (Å²) in [4.78, 5) is 4.55. The third-order valence-corrected chi connectivity index (χ3v) is 6.08. The Morgan fingerprint density at radius 2 is 2.27 bits per heavy atom. The molecule has 0 amide bonds. The number of nitrogens with zero attached hydrogens (tertiary/aromatic N) is 1. The van der Waals surface area contributed by atoms with Crippen molar-refractivity contribution in [2.75, 3.05) is 18.1 Å². The molecule has 3 heterocycles. The number of aromatic nitrogens is 1. The van der Waals surface area contributed by atoms with Crippen molar-refractivity contribution in [3.63, 3.8) is 0 Å². The number of hydrogen-bond donors (Lipinski definition) is 1. The first-order chi connectivity index (χ1) is 10.8. The summed E-state index contributed by atoms with van der Waals surface area (Å²) in [7, 11) is 0. The Balaban J connectivity index is 1.45. The molecule has 0 saturated carbocycles. The fraction of sp³-hybridized carbons (Fsp3) is 0.500. The second kappa shape index (κ2) is 6.19. The monoisotopic (exact) mass is 314 g/mol. The molecule has 2 aliphatic rings. The molecule has 0 aliphatic carbocycles. The number of rotatable bonds is 3. The Kier molecular flexibility index (Phi) is 4.07. The van der Waals surface area contributed by atoms with Gasteiger partial charge in [0, 0.05) is 36.5 Å². The van der Waals surface area contributed by atoms with Crippen LogP contribution in [0.1, 0.15) is 24.8 Å². The number of ether oxygens (including phenoxy) is 1. The molecule has 1 aromatic carbocycles. The molecule has 3 nitrogen and oxygen atoms in total. The van der Waals surface area contributed by atoms with E-state index >= 15 is 0 Å². The average Bonchev–Trinajstić information content (AvgIpc) is 3.00. The predicted octanol–water partition coefficient (Wildman–Crippen LogP) is 3.38. The van der Waals surface area contributed by atoms with Crippen molar-refractivity contribution in [3.8, 4) is 0 Å². The van der Waals surface area contributed by atoms with Gasteiger partial charge in [-0.3, -0.25) is 4.98 Å². The van der Waals surface area contributed by atoms with Gasteiger partial charge in [0.1, 0.15) is 0 Å². The maximum atomic E-state index is 6.11. The van der Waals surface area contributed by atoms with E-state index in [1.54, 1.807) is 0 Å². The minimum atomic E-state index is 0.150. The van der Waals surface area contributed by atoms with E-state index in [1.165, 1.54) is 28.9 Å². The summed E-state index contributed by atoms with van der Waals surface area (Å²) < 4.78 is 6.11. The molecule has 4 rings (SSSR count). The number of pyridine rings is 1. The van der Waals surface area contributed by atoms with Crippen LogP contribution < -0.4 is 5.32 Å². The fourth-order valence-corrected chi connectivity index (χ4v) is 5.01. The Morgan fingerprint density at radius 1 is 1.32 bits per heavy atom. The predicted molar refractivity (Wildman–Crippen MR) is 92.2 cm³/mol. The zero-order valence-corrected chi connectivity index (χ0v) is 13.6. The van der Waals surface area contributed by atoms with Crippen molar-refractivity contribution in [3.05, 3.63) is 42.1 Å². The van der Waals surface area contributed by atoms with Crippen LogP contribution in [-0.2, 0) is 11.3 Å². The molecule has 4 heteroatoms. The van der Waals surface area contributed by atoms with E-state index in [4.69, 9.17) is 4.74 Å². The van der Waals surface area contributed by atoms with Crippen LogP contribution in [0.2, 0.25) is 0 Å². The van der Waals surface area contributed by atoms with E-state index in [-0.39, 0.29) is 5.60 Å². The normalized spacial score (nSPS) is 28.5. The van der Waals surface area contributed by atoms with Crippen LogP contribution in [0, 0.1) is 0 Å². The number of benzene rings is 1. The number of hydrogen-bond acceptors (Lipinski definition) is 4. The Morgan fingerprint density at radius 3 is 3.18 bits per heavy atom. The van der Waals surface area contributed by atoms with Gasteiger partial charge >= 0.3 is 0 Å². The molecule has 2 aliphatic heterocycles. The van der Waals surface area contributed by atoms with Crippen molar-refractivity contribution in [1.29, 1.82) is 0 Å². The fourth-order valence-electron chi connectivity index (χ4n) is 3.63. The highest BCUT2D eigenvalue weighted by atomic mass is 32.2. The number of thioether (sulfide) groups is 1. The lowest BCUT2D eigenvalue weighted by Crippen LogP contribution is -2.47. The zero-order chi connectivity index (χ0) is 14.8. The van der Waals surface area contributed by atoms with Crippen LogP contribution in [0.5, 0.6) is 0 Å². The quantitative estimate of drug-likeness (QED) is 0.942. The van der Waals surface area contributed by atoms with Gasteiger partial charge in [-0.1, -0.05) is 24.3 Å². The molecule has 2 atom stereocenters. The molecule has 2 fully saturated rings. The lowest BCUT2D eigenvalue weighted by atomic mass is 9.90. The molecule has 1 aromatic heterocycles. The molecule has 0 radical (unpaired) electrons. The second-order valence-corrected chi connectivity index (χ2v) is 7.50. The first-order valence-corrected chi connectivity index (χ1v) is 9.28. The standard InChI is InChI=1S/C18H22N2OS/c1-3-14-5-2-8-19-17(14)15(4-1)12-20-16-6-9-21-18(11-16)7-10-22-13-18/h1-5,8,16,20H,6-7,9-13H2/t16-,18-/m0/s1. The Labute approximate surface area is 135 Å². The van der Waals surface area contributed by atoms with Gasteiger partial charge < -0.3 is 10.1 Å². The van der Waals surface area contributed by atoms with Gasteiger partial charge in [0.15, 0.2) is 0 Å². The highest BCUT2D eigenvalue weighted by Crippen LogP contribution is 2.38. The molecule has 0 bridgehead atoms. The summed E-state index contributed by atoms with van der Waals surface area (Å²) in [6.45, 7) is 1.79. The smallest absolute Gasteiger partial charge is 0.0795 e. The largest absolute Gasteiger partial charge is 0.374 e. The Bertz CT molecular complexity index is 649. The van der Waals surface area contributed by atoms with E-state index in [0.29, 0.717) is 6.04 Å². The van der Waals surface area contributed by atoms with Crippen LogP contribution in [0.4, 0.5) is 0 Å². The molecule has 1 spiro atoms. The molecule has 2 aromatic rings. The van der Waals surface area contributed by atoms with Gasteiger partial charge in [-0.25, -0.2) is 0 Å². The van der Waals surface area contributed by atoms with Crippen molar-refractivity contribution in [1.82, 2.24) is 10.3 Å². The lowest BCUT2D eigenvalue weighted by Gasteiger charge is -2.38. The first kappa shape index (κ1) is 14.5. The molecular weight excluding hydrogens is 292 g/mol. The van der Waals surface area contributed by atoms with E-state index in [0.717, 1.165) is 31.5 Å².